The van der Waals surface area contributed by atoms with Gasteiger partial charge in [0.25, 0.3) is 0 Å². The zero-order valence-electron chi connectivity index (χ0n) is 9.46. The molecule has 1 saturated heterocycles. The fourth-order valence-electron chi connectivity index (χ4n) is 1.56. The van der Waals surface area contributed by atoms with E-state index in [9.17, 15) is 14.4 Å². The van der Waals surface area contributed by atoms with Crippen LogP contribution in [0, 0.1) is 0 Å². The number of rotatable bonds is 3. The van der Waals surface area contributed by atoms with Gasteiger partial charge in [-0.15, -0.1) is 0 Å². The van der Waals surface area contributed by atoms with Crippen LogP contribution in [0.25, 0.3) is 0 Å². The number of carboxylic acid groups (broad SMARTS) is 1. The van der Waals surface area contributed by atoms with Crippen LogP contribution < -0.4 is 5.73 Å². The number of carboxylic acids is 1. The maximum atomic E-state index is 11.9. The maximum Gasteiger partial charge on any atom is 0.328 e. The molecule has 1 heterocycles. The zero-order valence-corrected chi connectivity index (χ0v) is 9.46. The zero-order chi connectivity index (χ0) is 13.0. The fourth-order valence-corrected chi connectivity index (χ4v) is 1.56. The van der Waals surface area contributed by atoms with Gasteiger partial charge in [-0.3, -0.25) is 4.79 Å². The van der Waals surface area contributed by atoms with E-state index in [1.807, 2.05) is 0 Å². The number of morpholine rings is 1. The monoisotopic (exact) mass is 245 g/mol. The van der Waals surface area contributed by atoms with Gasteiger partial charge >= 0.3 is 12.0 Å². The van der Waals surface area contributed by atoms with Gasteiger partial charge in [-0.1, -0.05) is 0 Å². The van der Waals surface area contributed by atoms with Crippen LogP contribution in [-0.2, 0) is 14.3 Å². The summed E-state index contributed by atoms with van der Waals surface area (Å²) in [4.78, 5) is 35.7. The lowest BCUT2D eigenvalue weighted by molar-refractivity contribution is -0.147. The number of nitrogens with zero attached hydrogens (tertiary/aromatic N) is 2. The van der Waals surface area contributed by atoms with Crippen LogP contribution in [0.15, 0.2) is 0 Å². The SMILES string of the molecule is CN(CC(N)=O)C(=O)N1CCOCC1C(=O)O. The Hall–Kier alpha value is -1.83. The van der Waals surface area contributed by atoms with Crippen molar-refractivity contribution in [2.24, 2.45) is 5.73 Å². The Morgan fingerprint density at radius 3 is 2.71 bits per heavy atom. The van der Waals surface area contributed by atoms with Gasteiger partial charge < -0.3 is 25.4 Å². The molecule has 0 aromatic rings. The molecule has 1 unspecified atom stereocenters. The summed E-state index contributed by atoms with van der Waals surface area (Å²) in [5.74, 6) is -1.79. The molecule has 1 aliphatic rings. The third-order valence-electron chi connectivity index (χ3n) is 2.38. The predicted octanol–water partition coefficient (Wildman–Crippen LogP) is -1.69. The second-order valence-electron chi connectivity index (χ2n) is 3.73. The number of aliphatic carboxylic acids is 1. The first-order chi connectivity index (χ1) is 7.93. The van der Waals surface area contributed by atoms with E-state index in [1.165, 1.54) is 7.05 Å². The van der Waals surface area contributed by atoms with Crippen LogP contribution in [0.4, 0.5) is 4.79 Å². The van der Waals surface area contributed by atoms with Crippen molar-refractivity contribution in [1.82, 2.24) is 9.80 Å². The molecule has 0 spiro atoms. The highest BCUT2D eigenvalue weighted by Gasteiger charge is 2.34. The Morgan fingerprint density at radius 2 is 2.18 bits per heavy atom. The number of amides is 3. The molecule has 3 N–H and O–H groups in total. The molecule has 96 valence electrons. The summed E-state index contributed by atoms with van der Waals surface area (Å²) in [6.07, 6.45) is 0. The smallest absolute Gasteiger partial charge is 0.328 e. The number of primary amides is 1. The molecule has 1 aliphatic heterocycles. The van der Waals surface area contributed by atoms with Gasteiger partial charge in [-0.25, -0.2) is 9.59 Å². The standard InChI is InChI=1S/C9H15N3O5/c1-11(4-7(10)13)9(16)12-2-3-17-5-6(12)8(14)15/h6H,2-5H2,1H3,(H2,10,13)(H,14,15). The summed E-state index contributed by atoms with van der Waals surface area (Å²) in [7, 11) is 1.39. The topological polar surface area (TPSA) is 113 Å². The van der Waals surface area contributed by atoms with Gasteiger partial charge in [0, 0.05) is 13.6 Å². The van der Waals surface area contributed by atoms with Gasteiger partial charge in [-0.05, 0) is 0 Å². The Labute approximate surface area is 97.9 Å². The maximum absolute atomic E-state index is 11.9. The minimum absolute atomic E-state index is 0.0501. The van der Waals surface area contributed by atoms with E-state index in [2.05, 4.69) is 0 Å². The number of carbonyl (C=O) groups excluding carboxylic acids is 2. The van der Waals surface area contributed by atoms with Crippen molar-refractivity contribution < 1.29 is 24.2 Å². The lowest BCUT2D eigenvalue weighted by Gasteiger charge is -2.35. The first-order valence-corrected chi connectivity index (χ1v) is 5.04. The Bertz CT molecular complexity index is 333. The third-order valence-corrected chi connectivity index (χ3v) is 2.38. The molecule has 1 rings (SSSR count). The molecular weight excluding hydrogens is 230 g/mol. The van der Waals surface area contributed by atoms with Gasteiger partial charge in [0.05, 0.1) is 13.2 Å². The van der Waals surface area contributed by atoms with Gasteiger partial charge in [0.1, 0.15) is 6.54 Å². The lowest BCUT2D eigenvalue weighted by Crippen LogP contribution is -2.56. The second kappa shape index (κ2) is 5.48. The normalized spacial score (nSPS) is 19.8. The van der Waals surface area contributed by atoms with Crippen LogP contribution in [-0.4, -0.2) is 72.2 Å². The molecule has 17 heavy (non-hydrogen) atoms. The highest BCUT2D eigenvalue weighted by molar-refractivity contribution is 5.86. The van der Waals surface area contributed by atoms with Crippen LogP contribution in [0.2, 0.25) is 0 Å². The van der Waals surface area contributed by atoms with E-state index in [-0.39, 0.29) is 26.3 Å². The number of carbonyl (C=O) groups is 3. The number of hydrogen-bond donors (Lipinski definition) is 2. The number of hydrogen-bond acceptors (Lipinski definition) is 4. The summed E-state index contributed by atoms with van der Waals surface area (Å²) in [5, 5.41) is 8.94. The Balaban J connectivity index is 2.70. The lowest BCUT2D eigenvalue weighted by atomic mass is 10.2. The number of nitrogens with two attached hydrogens (primary N) is 1. The summed E-state index contributed by atoms with van der Waals surface area (Å²) in [6, 6.07) is -1.56. The van der Waals surface area contributed by atoms with E-state index in [4.69, 9.17) is 15.6 Å². The van der Waals surface area contributed by atoms with Crippen molar-refractivity contribution in [2.75, 3.05) is 33.4 Å². The van der Waals surface area contributed by atoms with Crippen molar-refractivity contribution in [2.45, 2.75) is 6.04 Å². The molecule has 0 aliphatic carbocycles. The van der Waals surface area contributed by atoms with Crippen molar-refractivity contribution in [1.29, 1.82) is 0 Å². The van der Waals surface area contributed by atoms with Gasteiger partial charge in [0.2, 0.25) is 5.91 Å². The fraction of sp³-hybridized carbons (Fsp3) is 0.667. The molecular formula is C9H15N3O5. The molecule has 0 aromatic carbocycles. The first-order valence-electron chi connectivity index (χ1n) is 5.04. The third kappa shape index (κ3) is 3.31. The molecule has 1 fully saturated rings. The van der Waals surface area contributed by atoms with E-state index in [0.717, 1.165) is 9.80 Å². The Morgan fingerprint density at radius 1 is 1.53 bits per heavy atom. The molecule has 3 amide bonds. The molecule has 0 aromatic heterocycles. The number of ether oxygens (including phenoxy) is 1. The minimum atomic E-state index is -1.13. The van der Waals surface area contributed by atoms with E-state index in [1.54, 1.807) is 0 Å². The number of likely N-dealkylation sites (N-methyl/N-ethyl adjacent to an activating group) is 1. The highest BCUT2D eigenvalue weighted by atomic mass is 16.5. The summed E-state index contributed by atoms with van der Waals surface area (Å²) >= 11 is 0. The molecule has 0 bridgehead atoms. The van der Waals surface area contributed by atoms with Crippen molar-refractivity contribution in [3.63, 3.8) is 0 Å². The largest absolute Gasteiger partial charge is 0.480 e. The van der Waals surface area contributed by atoms with Crippen LogP contribution >= 0.6 is 0 Å². The summed E-state index contributed by atoms with van der Waals surface area (Å²) in [6.45, 7) is 0.160. The van der Waals surface area contributed by atoms with E-state index in [0.29, 0.717) is 0 Å². The second-order valence-corrected chi connectivity index (χ2v) is 3.73. The van der Waals surface area contributed by atoms with E-state index >= 15 is 0 Å². The Kier molecular flexibility index (Phi) is 4.27. The van der Waals surface area contributed by atoms with Crippen LogP contribution in [0.5, 0.6) is 0 Å². The van der Waals surface area contributed by atoms with Crippen LogP contribution in [0.3, 0.4) is 0 Å². The quantitative estimate of drug-likeness (QED) is 0.615. The van der Waals surface area contributed by atoms with Crippen molar-refractivity contribution in [3.8, 4) is 0 Å². The molecule has 8 nitrogen and oxygen atoms in total. The average Bonchev–Trinajstić information content (AvgIpc) is 2.27. The van der Waals surface area contributed by atoms with Crippen LogP contribution in [0.1, 0.15) is 0 Å². The molecule has 8 heteroatoms. The van der Waals surface area contributed by atoms with Gasteiger partial charge in [-0.2, -0.15) is 0 Å². The minimum Gasteiger partial charge on any atom is -0.480 e. The molecule has 1 atom stereocenters. The molecule has 0 saturated carbocycles. The summed E-state index contributed by atoms with van der Waals surface area (Å²) in [5.41, 5.74) is 4.96. The first kappa shape index (κ1) is 13.2. The molecule has 0 radical (unpaired) electrons. The number of urea groups is 1. The predicted molar refractivity (Wildman–Crippen MR) is 56.2 cm³/mol. The van der Waals surface area contributed by atoms with Crippen molar-refractivity contribution >= 4 is 17.9 Å². The van der Waals surface area contributed by atoms with E-state index < -0.39 is 23.9 Å². The van der Waals surface area contributed by atoms with Gasteiger partial charge in [0.15, 0.2) is 6.04 Å². The van der Waals surface area contributed by atoms with Crippen molar-refractivity contribution in [3.05, 3.63) is 0 Å². The summed E-state index contributed by atoms with van der Waals surface area (Å²) < 4.78 is 5.00. The highest BCUT2D eigenvalue weighted by Crippen LogP contribution is 2.09. The average molecular weight is 245 g/mol.